The van der Waals surface area contributed by atoms with Gasteiger partial charge in [-0.15, -0.1) is 0 Å². The lowest BCUT2D eigenvalue weighted by molar-refractivity contribution is 0.0245. The summed E-state index contributed by atoms with van der Waals surface area (Å²) in [5.41, 5.74) is 1.91. The highest BCUT2D eigenvalue weighted by Gasteiger charge is 2.47. The van der Waals surface area contributed by atoms with Crippen LogP contribution >= 0.6 is 0 Å². The van der Waals surface area contributed by atoms with Crippen molar-refractivity contribution in [2.45, 2.75) is 69.6 Å². The molecule has 3 aromatic rings. The summed E-state index contributed by atoms with van der Waals surface area (Å²) in [5.74, 6) is 2.64. The summed E-state index contributed by atoms with van der Waals surface area (Å²) in [6, 6.07) is 12.7. The fourth-order valence-electron chi connectivity index (χ4n) is 5.92. The van der Waals surface area contributed by atoms with Gasteiger partial charge in [-0.05, 0) is 57.6 Å². The van der Waals surface area contributed by atoms with Gasteiger partial charge in [0.2, 0.25) is 0 Å². The van der Waals surface area contributed by atoms with Crippen molar-refractivity contribution >= 4 is 28.4 Å². The fourth-order valence-corrected chi connectivity index (χ4v) is 5.92. The lowest BCUT2D eigenvalue weighted by Gasteiger charge is -2.48. The third-order valence-electron chi connectivity index (χ3n) is 7.41. The van der Waals surface area contributed by atoms with Crippen LogP contribution < -0.4 is 10.6 Å². The molecule has 2 aliphatic heterocycles. The van der Waals surface area contributed by atoms with E-state index in [0.717, 1.165) is 59.7 Å². The SMILES string of the molecule is Cc1cc(Nc2cc3ncccc3c(NC3C[C@H]4CC[C@@H](C3)N4C3CC(C#N)C3)n2)n[nH]1. The molecule has 2 saturated heterocycles. The van der Waals surface area contributed by atoms with E-state index in [1.165, 1.54) is 12.8 Å². The van der Waals surface area contributed by atoms with E-state index >= 15 is 0 Å². The lowest BCUT2D eigenvalue weighted by atomic mass is 9.78. The van der Waals surface area contributed by atoms with Gasteiger partial charge in [-0.3, -0.25) is 15.0 Å². The van der Waals surface area contributed by atoms with Gasteiger partial charge in [0.15, 0.2) is 5.82 Å². The van der Waals surface area contributed by atoms with Gasteiger partial charge in [0.1, 0.15) is 11.6 Å². The maximum Gasteiger partial charge on any atom is 0.153 e. The number of nitriles is 1. The fraction of sp³-hybridized carbons (Fsp3) is 0.500. The first kappa shape index (κ1) is 19.5. The molecule has 5 heterocycles. The third-order valence-corrected chi connectivity index (χ3v) is 7.41. The normalized spacial score (nSPS) is 29.4. The highest BCUT2D eigenvalue weighted by molar-refractivity contribution is 5.91. The van der Waals surface area contributed by atoms with Crippen LogP contribution in [-0.4, -0.2) is 49.2 Å². The molecule has 3 N–H and O–H groups in total. The summed E-state index contributed by atoms with van der Waals surface area (Å²) >= 11 is 0. The Hall–Kier alpha value is -3.18. The average Bonchev–Trinajstić information content (AvgIpc) is 3.27. The van der Waals surface area contributed by atoms with Crippen LogP contribution in [0.5, 0.6) is 0 Å². The number of hydrogen-bond acceptors (Lipinski definition) is 7. The molecule has 1 unspecified atom stereocenters. The molecule has 3 aliphatic rings. The van der Waals surface area contributed by atoms with E-state index in [4.69, 9.17) is 10.2 Å². The monoisotopic (exact) mass is 428 g/mol. The second-order valence-electron chi connectivity index (χ2n) is 9.58. The van der Waals surface area contributed by atoms with Gasteiger partial charge < -0.3 is 10.6 Å². The molecule has 0 radical (unpaired) electrons. The Morgan fingerprint density at radius 3 is 2.62 bits per heavy atom. The quantitative estimate of drug-likeness (QED) is 0.561. The molecule has 2 bridgehead atoms. The van der Waals surface area contributed by atoms with Crippen molar-refractivity contribution in [1.29, 1.82) is 5.26 Å². The van der Waals surface area contributed by atoms with Crippen LogP contribution in [0.1, 0.15) is 44.2 Å². The minimum absolute atomic E-state index is 0.270. The number of nitrogens with one attached hydrogen (secondary N) is 3. The van der Waals surface area contributed by atoms with Gasteiger partial charge in [0, 0.05) is 59.5 Å². The summed E-state index contributed by atoms with van der Waals surface area (Å²) in [5, 5.41) is 24.5. The molecule has 1 saturated carbocycles. The Balaban J connectivity index is 1.22. The molecule has 0 spiro atoms. The van der Waals surface area contributed by atoms with Gasteiger partial charge in [-0.1, -0.05) is 0 Å². The van der Waals surface area contributed by atoms with Crippen molar-refractivity contribution in [3.05, 3.63) is 36.2 Å². The summed E-state index contributed by atoms with van der Waals surface area (Å²) in [6.45, 7) is 1.98. The van der Waals surface area contributed by atoms with Crippen molar-refractivity contribution in [3.8, 4) is 6.07 Å². The summed E-state index contributed by atoms with van der Waals surface area (Å²) in [4.78, 5) is 12.2. The van der Waals surface area contributed by atoms with Gasteiger partial charge in [-0.25, -0.2) is 4.98 Å². The van der Waals surface area contributed by atoms with E-state index in [0.29, 0.717) is 24.2 Å². The molecule has 1 aliphatic carbocycles. The van der Waals surface area contributed by atoms with Crippen LogP contribution in [0.15, 0.2) is 30.5 Å². The number of hydrogen-bond donors (Lipinski definition) is 3. The number of piperidine rings is 1. The predicted octanol–water partition coefficient (Wildman–Crippen LogP) is 4.11. The molecule has 0 amide bonds. The van der Waals surface area contributed by atoms with E-state index in [9.17, 15) is 0 Å². The first-order valence-corrected chi connectivity index (χ1v) is 11.6. The average molecular weight is 429 g/mol. The van der Waals surface area contributed by atoms with Crippen molar-refractivity contribution < 1.29 is 0 Å². The number of anilines is 3. The highest BCUT2D eigenvalue weighted by Crippen LogP contribution is 2.44. The first-order chi connectivity index (χ1) is 15.7. The predicted molar refractivity (Wildman–Crippen MR) is 124 cm³/mol. The van der Waals surface area contributed by atoms with Crippen LogP contribution in [0.3, 0.4) is 0 Å². The molecule has 3 aromatic heterocycles. The number of fused-ring (bicyclic) bond motifs is 3. The third kappa shape index (κ3) is 3.47. The van der Waals surface area contributed by atoms with E-state index < -0.39 is 0 Å². The zero-order valence-corrected chi connectivity index (χ0v) is 18.3. The van der Waals surface area contributed by atoms with E-state index in [1.807, 2.05) is 31.3 Å². The Kier molecular flexibility index (Phi) is 4.72. The van der Waals surface area contributed by atoms with Gasteiger partial charge in [0.05, 0.1) is 11.6 Å². The Bertz CT molecular complexity index is 1160. The molecule has 32 heavy (non-hydrogen) atoms. The molecule has 164 valence electrons. The molecular formula is C24H28N8. The number of aryl methyl sites for hydroxylation is 1. The molecule has 6 rings (SSSR count). The van der Waals surface area contributed by atoms with E-state index in [2.05, 4.69) is 42.9 Å². The minimum atomic E-state index is 0.270. The van der Waals surface area contributed by atoms with Crippen molar-refractivity contribution in [1.82, 2.24) is 25.1 Å². The Morgan fingerprint density at radius 1 is 1.09 bits per heavy atom. The molecule has 0 aromatic carbocycles. The van der Waals surface area contributed by atoms with Crippen molar-refractivity contribution in [2.24, 2.45) is 5.92 Å². The van der Waals surface area contributed by atoms with Gasteiger partial charge in [-0.2, -0.15) is 10.4 Å². The summed E-state index contributed by atoms with van der Waals surface area (Å²) in [6.07, 6.45) is 8.73. The first-order valence-electron chi connectivity index (χ1n) is 11.6. The van der Waals surface area contributed by atoms with E-state index in [-0.39, 0.29) is 5.92 Å². The van der Waals surface area contributed by atoms with Crippen LogP contribution in [0.4, 0.5) is 17.5 Å². The standard InChI is InChI=1S/C24H28N8/c1-14-7-23(31-30-14)28-22-12-21-20(3-2-6-26-21)24(29-22)27-16-10-17-4-5-18(11-16)32(17)19-8-15(9-19)13-25/h2-3,6-7,12,15-19H,4-5,8-11H2,1H3,(H3,27,28,29,30,31)/t15?,16?,17-,18+,19?. The number of pyridine rings is 2. The zero-order chi connectivity index (χ0) is 21.7. The summed E-state index contributed by atoms with van der Waals surface area (Å²) in [7, 11) is 0. The van der Waals surface area contributed by atoms with Crippen LogP contribution in [0.2, 0.25) is 0 Å². The van der Waals surface area contributed by atoms with Crippen LogP contribution in [0, 0.1) is 24.2 Å². The van der Waals surface area contributed by atoms with Crippen LogP contribution in [0.25, 0.3) is 10.9 Å². The minimum Gasteiger partial charge on any atom is -0.367 e. The second kappa shape index (κ2) is 7.75. The molecular weight excluding hydrogens is 400 g/mol. The number of H-pyrrole nitrogens is 1. The number of rotatable bonds is 5. The van der Waals surface area contributed by atoms with E-state index in [1.54, 1.807) is 0 Å². The topological polar surface area (TPSA) is 106 Å². The van der Waals surface area contributed by atoms with Crippen molar-refractivity contribution in [3.63, 3.8) is 0 Å². The van der Waals surface area contributed by atoms with Crippen molar-refractivity contribution in [2.75, 3.05) is 10.6 Å². The van der Waals surface area contributed by atoms with Crippen LogP contribution in [-0.2, 0) is 0 Å². The highest BCUT2D eigenvalue weighted by atomic mass is 15.3. The number of aromatic nitrogens is 4. The largest absolute Gasteiger partial charge is 0.367 e. The van der Waals surface area contributed by atoms with Gasteiger partial charge in [0.25, 0.3) is 0 Å². The summed E-state index contributed by atoms with van der Waals surface area (Å²) < 4.78 is 0. The maximum atomic E-state index is 9.16. The lowest BCUT2D eigenvalue weighted by Crippen LogP contribution is -2.55. The number of nitrogens with zero attached hydrogens (tertiary/aromatic N) is 5. The number of aromatic amines is 1. The zero-order valence-electron chi connectivity index (χ0n) is 18.3. The molecule has 3 atom stereocenters. The smallest absolute Gasteiger partial charge is 0.153 e. The Labute approximate surface area is 187 Å². The van der Waals surface area contributed by atoms with Gasteiger partial charge >= 0.3 is 0 Å². The molecule has 8 nitrogen and oxygen atoms in total. The molecule has 8 heteroatoms. The maximum absolute atomic E-state index is 9.16. The molecule has 3 fully saturated rings. The Morgan fingerprint density at radius 2 is 1.91 bits per heavy atom. The second-order valence-corrected chi connectivity index (χ2v) is 9.58.